The van der Waals surface area contributed by atoms with Crippen molar-refractivity contribution in [3.8, 4) is 17.2 Å². The van der Waals surface area contributed by atoms with E-state index < -0.39 is 6.04 Å². The molecule has 2 heterocycles. The highest BCUT2D eigenvalue weighted by molar-refractivity contribution is 5.83. The second kappa shape index (κ2) is 10.9. The van der Waals surface area contributed by atoms with Crippen molar-refractivity contribution in [3.05, 3.63) is 77.9 Å². The van der Waals surface area contributed by atoms with E-state index in [0.717, 1.165) is 11.1 Å². The zero-order valence-corrected chi connectivity index (χ0v) is 17.8. The van der Waals surface area contributed by atoms with Crippen LogP contribution in [0.2, 0.25) is 0 Å². The quantitative estimate of drug-likeness (QED) is 0.519. The van der Waals surface area contributed by atoms with Crippen LogP contribution in [0.1, 0.15) is 22.7 Å². The molecule has 1 amide bonds. The molecular weight excluding hydrogens is 396 g/mol. The summed E-state index contributed by atoms with van der Waals surface area (Å²) in [5, 5.41) is 6.29. The molecule has 0 saturated carbocycles. The standard InChI is InChI=1S/C23H26N4O4/c1-29-19-11-18(12-20(30-2)22(19)31-3)21(26-15-17-5-4-8-25-13-17)23(28)27-14-16-6-9-24-10-7-16/h4-13,21,26H,14-15H2,1-3H3,(H,27,28). The summed E-state index contributed by atoms with van der Waals surface area (Å²) in [4.78, 5) is 21.3. The summed E-state index contributed by atoms with van der Waals surface area (Å²) in [5.74, 6) is 1.24. The van der Waals surface area contributed by atoms with Gasteiger partial charge in [-0.25, -0.2) is 0 Å². The number of nitrogens with zero attached hydrogens (tertiary/aromatic N) is 2. The van der Waals surface area contributed by atoms with Crippen LogP contribution in [0.15, 0.2) is 61.2 Å². The van der Waals surface area contributed by atoms with E-state index in [0.29, 0.717) is 35.9 Å². The lowest BCUT2D eigenvalue weighted by Crippen LogP contribution is -2.37. The predicted octanol–water partition coefficient (Wildman–Crippen LogP) is 2.65. The Bertz CT molecular complexity index is 958. The Kier molecular flexibility index (Phi) is 7.78. The molecule has 0 saturated heterocycles. The molecule has 1 aromatic carbocycles. The van der Waals surface area contributed by atoms with Crippen LogP contribution in [-0.2, 0) is 17.9 Å². The average molecular weight is 422 g/mol. The first-order valence-corrected chi connectivity index (χ1v) is 9.75. The van der Waals surface area contributed by atoms with Crippen LogP contribution in [0.4, 0.5) is 0 Å². The number of carbonyl (C=O) groups excluding carboxylic acids is 1. The summed E-state index contributed by atoms with van der Waals surface area (Å²) in [7, 11) is 4.63. The van der Waals surface area contributed by atoms with Crippen LogP contribution in [0.3, 0.4) is 0 Å². The van der Waals surface area contributed by atoms with Gasteiger partial charge in [0.05, 0.1) is 21.3 Å². The molecule has 2 N–H and O–H groups in total. The van der Waals surface area contributed by atoms with Crippen molar-refractivity contribution < 1.29 is 19.0 Å². The highest BCUT2D eigenvalue weighted by atomic mass is 16.5. The van der Waals surface area contributed by atoms with Crippen molar-refractivity contribution >= 4 is 5.91 Å². The predicted molar refractivity (Wildman–Crippen MR) is 116 cm³/mol. The third-order valence-electron chi connectivity index (χ3n) is 4.73. The zero-order valence-electron chi connectivity index (χ0n) is 17.8. The molecule has 0 aliphatic rings. The molecule has 0 bridgehead atoms. The molecule has 2 aromatic heterocycles. The summed E-state index contributed by atoms with van der Waals surface area (Å²) < 4.78 is 16.3. The largest absolute Gasteiger partial charge is 0.493 e. The van der Waals surface area contributed by atoms with Crippen LogP contribution < -0.4 is 24.8 Å². The molecule has 0 spiro atoms. The van der Waals surface area contributed by atoms with Gasteiger partial charge in [0.25, 0.3) is 0 Å². The second-order valence-electron chi connectivity index (χ2n) is 6.71. The topological polar surface area (TPSA) is 94.6 Å². The van der Waals surface area contributed by atoms with Crippen molar-refractivity contribution in [1.29, 1.82) is 0 Å². The molecule has 1 atom stereocenters. The van der Waals surface area contributed by atoms with Gasteiger partial charge in [-0.15, -0.1) is 0 Å². The fourth-order valence-electron chi connectivity index (χ4n) is 3.14. The number of carbonyl (C=O) groups is 1. The maximum Gasteiger partial charge on any atom is 0.242 e. The van der Waals surface area contributed by atoms with Crippen LogP contribution in [0, 0.1) is 0 Å². The Morgan fingerprint density at radius 1 is 0.903 bits per heavy atom. The van der Waals surface area contributed by atoms with Gasteiger partial charge in [0.15, 0.2) is 11.5 Å². The van der Waals surface area contributed by atoms with E-state index in [9.17, 15) is 4.79 Å². The van der Waals surface area contributed by atoms with Gasteiger partial charge in [-0.3, -0.25) is 20.1 Å². The number of benzene rings is 1. The van der Waals surface area contributed by atoms with Crippen molar-refractivity contribution in [1.82, 2.24) is 20.6 Å². The number of ether oxygens (including phenoxy) is 3. The number of rotatable bonds is 10. The summed E-state index contributed by atoms with van der Waals surface area (Å²) in [6, 6.07) is 10.4. The minimum absolute atomic E-state index is 0.185. The Hall–Kier alpha value is -3.65. The van der Waals surface area contributed by atoms with Gasteiger partial charge >= 0.3 is 0 Å². The van der Waals surface area contributed by atoms with Crippen LogP contribution in [0.5, 0.6) is 17.2 Å². The van der Waals surface area contributed by atoms with E-state index in [1.807, 2.05) is 24.3 Å². The lowest BCUT2D eigenvalue weighted by Gasteiger charge is -2.21. The lowest BCUT2D eigenvalue weighted by molar-refractivity contribution is -0.123. The number of nitrogens with one attached hydrogen (secondary N) is 2. The Morgan fingerprint density at radius 2 is 1.61 bits per heavy atom. The van der Waals surface area contributed by atoms with E-state index in [1.54, 1.807) is 58.2 Å². The molecule has 31 heavy (non-hydrogen) atoms. The maximum atomic E-state index is 13.2. The average Bonchev–Trinajstić information content (AvgIpc) is 2.83. The number of pyridine rings is 2. The third kappa shape index (κ3) is 5.70. The minimum Gasteiger partial charge on any atom is -0.493 e. The fraction of sp³-hybridized carbons (Fsp3) is 0.261. The Labute approximate surface area is 181 Å². The number of aromatic nitrogens is 2. The molecule has 162 valence electrons. The highest BCUT2D eigenvalue weighted by Crippen LogP contribution is 2.39. The van der Waals surface area contributed by atoms with Gasteiger partial charge in [-0.05, 0) is 47.0 Å². The van der Waals surface area contributed by atoms with Gasteiger partial charge in [-0.1, -0.05) is 6.07 Å². The maximum absolute atomic E-state index is 13.2. The van der Waals surface area contributed by atoms with Crippen LogP contribution in [-0.4, -0.2) is 37.2 Å². The summed E-state index contributed by atoms with van der Waals surface area (Å²) in [6.45, 7) is 0.842. The first-order chi connectivity index (χ1) is 15.2. The molecule has 0 fully saturated rings. The molecule has 0 aliphatic heterocycles. The molecule has 8 heteroatoms. The lowest BCUT2D eigenvalue weighted by atomic mass is 10.0. The van der Waals surface area contributed by atoms with E-state index >= 15 is 0 Å². The molecule has 0 radical (unpaired) electrons. The summed E-state index contributed by atoms with van der Waals surface area (Å²) in [6.07, 6.45) is 6.85. The van der Waals surface area contributed by atoms with Gasteiger partial charge in [0, 0.05) is 37.9 Å². The summed E-state index contributed by atoms with van der Waals surface area (Å²) >= 11 is 0. The first-order valence-electron chi connectivity index (χ1n) is 9.75. The molecule has 1 unspecified atom stereocenters. The highest BCUT2D eigenvalue weighted by Gasteiger charge is 2.24. The van der Waals surface area contributed by atoms with E-state index in [1.165, 1.54) is 0 Å². The van der Waals surface area contributed by atoms with Crippen LogP contribution in [0.25, 0.3) is 0 Å². The van der Waals surface area contributed by atoms with Gasteiger partial charge < -0.3 is 19.5 Å². The minimum atomic E-state index is -0.657. The molecule has 0 aliphatic carbocycles. The molecular formula is C23H26N4O4. The molecule has 3 aromatic rings. The van der Waals surface area contributed by atoms with Gasteiger partial charge in [0.1, 0.15) is 6.04 Å². The third-order valence-corrected chi connectivity index (χ3v) is 4.73. The van der Waals surface area contributed by atoms with Crippen molar-refractivity contribution in [3.63, 3.8) is 0 Å². The number of hydrogen-bond acceptors (Lipinski definition) is 7. The van der Waals surface area contributed by atoms with E-state index in [4.69, 9.17) is 14.2 Å². The Balaban J connectivity index is 1.88. The number of hydrogen-bond donors (Lipinski definition) is 2. The normalized spacial score (nSPS) is 11.5. The van der Waals surface area contributed by atoms with Gasteiger partial charge in [0.2, 0.25) is 11.7 Å². The first kappa shape index (κ1) is 22.0. The van der Waals surface area contributed by atoms with E-state index in [2.05, 4.69) is 20.6 Å². The van der Waals surface area contributed by atoms with Crippen molar-refractivity contribution in [2.24, 2.45) is 0 Å². The monoisotopic (exact) mass is 422 g/mol. The fourth-order valence-corrected chi connectivity index (χ4v) is 3.14. The number of amides is 1. The van der Waals surface area contributed by atoms with Crippen molar-refractivity contribution in [2.75, 3.05) is 21.3 Å². The second-order valence-corrected chi connectivity index (χ2v) is 6.71. The molecule has 8 nitrogen and oxygen atoms in total. The zero-order chi connectivity index (χ0) is 22.1. The number of methoxy groups -OCH3 is 3. The van der Waals surface area contributed by atoms with Crippen molar-refractivity contribution in [2.45, 2.75) is 19.1 Å². The Morgan fingerprint density at radius 3 is 2.19 bits per heavy atom. The summed E-state index contributed by atoms with van der Waals surface area (Å²) in [5.41, 5.74) is 2.60. The van der Waals surface area contributed by atoms with E-state index in [-0.39, 0.29) is 5.91 Å². The van der Waals surface area contributed by atoms with Gasteiger partial charge in [-0.2, -0.15) is 0 Å². The SMILES string of the molecule is COc1cc(C(NCc2cccnc2)C(=O)NCc2ccncc2)cc(OC)c1OC. The van der Waals surface area contributed by atoms with Crippen LogP contribution >= 0.6 is 0 Å². The smallest absolute Gasteiger partial charge is 0.242 e. The molecule has 3 rings (SSSR count).